The van der Waals surface area contributed by atoms with E-state index < -0.39 is 0 Å². The van der Waals surface area contributed by atoms with Crippen LogP contribution in [0.3, 0.4) is 0 Å². The van der Waals surface area contributed by atoms with Crippen LogP contribution in [0.2, 0.25) is 0 Å². The van der Waals surface area contributed by atoms with Gasteiger partial charge in [-0.15, -0.1) is 0 Å². The van der Waals surface area contributed by atoms with Crippen molar-refractivity contribution in [2.75, 3.05) is 23.3 Å². The summed E-state index contributed by atoms with van der Waals surface area (Å²) >= 11 is 0. The Morgan fingerprint density at radius 3 is 3.00 bits per heavy atom. The van der Waals surface area contributed by atoms with Crippen LogP contribution in [0.5, 0.6) is 0 Å². The number of hydrogen-bond acceptors (Lipinski definition) is 4. The number of anilines is 2. The number of amides is 1. The van der Waals surface area contributed by atoms with E-state index in [0.29, 0.717) is 24.8 Å². The lowest BCUT2D eigenvalue weighted by molar-refractivity contribution is -0.116. The highest BCUT2D eigenvalue weighted by molar-refractivity contribution is 5.89. The highest BCUT2D eigenvalue weighted by Gasteiger charge is 2.21. The Morgan fingerprint density at radius 1 is 1.50 bits per heavy atom. The summed E-state index contributed by atoms with van der Waals surface area (Å²) in [6.07, 6.45) is 7.15. The lowest BCUT2D eigenvalue weighted by atomic mass is 9.99. The molecule has 2 rings (SSSR count). The molecule has 1 aliphatic heterocycles. The van der Waals surface area contributed by atoms with Gasteiger partial charge in [-0.05, 0) is 37.8 Å². The molecule has 1 fully saturated rings. The van der Waals surface area contributed by atoms with Crippen molar-refractivity contribution in [2.45, 2.75) is 45.1 Å². The molecule has 0 aliphatic carbocycles. The number of nitrogens with two attached hydrogens (primary N) is 1. The summed E-state index contributed by atoms with van der Waals surface area (Å²) in [5, 5.41) is 2.75. The third-order valence-electron chi connectivity index (χ3n) is 3.82. The molecular formula is C15H24N4O. The molecule has 0 bridgehead atoms. The molecule has 1 atom stereocenters. The zero-order chi connectivity index (χ0) is 14.4. The van der Waals surface area contributed by atoms with Gasteiger partial charge in [0.15, 0.2) is 0 Å². The number of piperidine rings is 1. The van der Waals surface area contributed by atoms with Gasteiger partial charge in [-0.3, -0.25) is 4.79 Å². The highest BCUT2D eigenvalue weighted by atomic mass is 16.1. The monoisotopic (exact) mass is 276 g/mol. The molecule has 2 heterocycles. The van der Waals surface area contributed by atoms with E-state index in [1.165, 1.54) is 19.3 Å². The molecule has 1 saturated heterocycles. The average molecular weight is 276 g/mol. The standard InChI is InChI=1S/C15H24N4O/c1-2-12-5-3-4-10-19(12)13-6-7-14(17-11-13)18-15(20)8-9-16/h6-7,11-12H,2-5,8-10,16H2,1H3,(H,17,18,20). The minimum Gasteiger partial charge on any atom is -0.367 e. The van der Waals surface area contributed by atoms with Crippen molar-refractivity contribution >= 4 is 17.4 Å². The number of hydrogen-bond donors (Lipinski definition) is 2. The van der Waals surface area contributed by atoms with Crippen LogP contribution in [-0.2, 0) is 4.79 Å². The van der Waals surface area contributed by atoms with Crippen LogP contribution in [0.1, 0.15) is 39.0 Å². The van der Waals surface area contributed by atoms with E-state index in [2.05, 4.69) is 22.1 Å². The van der Waals surface area contributed by atoms with Crippen molar-refractivity contribution in [3.8, 4) is 0 Å². The Labute approximate surface area is 120 Å². The number of carbonyl (C=O) groups is 1. The van der Waals surface area contributed by atoms with Crippen molar-refractivity contribution in [1.82, 2.24) is 4.98 Å². The van der Waals surface area contributed by atoms with Gasteiger partial charge in [-0.1, -0.05) is 6.92 Å². The molecule has 1 unspecified atom stereocenters. The summed E-state index contributed by atoms with van der Waals surface area (Å²) in [5.74, 6) is 0.509. The normalized spacial score (nSPS) is 18.9. The van der Waals surface area contributed by atoms with E-state index in [4.69, 9.17) is 5.73 Å². The van der Waals surface area contributed by atoms with Crippen molar-refractivity contribution < 1.29 is 4.79 Å². The summed E-state index contributed by atoms with van der Waals surface area (Å²) in [4.78, 5) is 18.2. The van der Waals surface area contributed by atoms with Crippen LogP contribution in [-0.4, -0.2) is 30.0 Å². The molecule has 110 valence electrons. The van der Waals surface area contributed by atoms with Crippen molar-refractivity contribution in [3.63, 3.8) is 0 Å². The molecule has 1 aromatic heterocycles. The zero-order valence-electron chi connectivity index (χ0n) is 12.1. The second-order valence-electron chi connectivity index (χ2n) is 5.24. The summed E-state index contributed by atoms with van der Waals surface area (Å²) in [7, 11) is 0. The Morgan fingerprint density at radius 2 is 2.35 bits per heavy atom. The summed E-state index contributed by atoms with van der Waals surface area (Å²) in [5.41, 5.74) is 6.49. The van der Waals surface area contributed by atoms with Crippen molar-refractivity contribution in [2.24, 2.45) is 5.73 Å². The van der Waals surface area contributed by atoms with Gasteiger partial charge >= 0.3 is 0 Å². The molecule has 5 nitrogen and oxygen atoms in total. The third kappa shape index (κ3) is 3.70. The molecule has 0 spiro atoms. The summed E-state index contributed by atoms with van der Waals surface area (Å²) in [6.45, 7) is 3.69. The topological polar surface area (TPSA) is 71.2 Å². The van der Waals surface area contributed by atoms with Gasteiger partial charge in [0, 0.05) is 25.6 Å². The van der Waals surface area contributed by atoms with Gasteiger partial charge in [0.2, 0.25) is 5.91 Å². The maximum Gasteiger partial charge on any atom is 0.226 e. The lowest BCUT2D eigenvalue weighted by Crippen LogP contribution is -2.39. The van der Waals surface area contributed by atoms with Gasteiger partial charge in [-0.25, -0.2) is 4.98 Å². The van der Waals surface area contributed by atoms with E-state index in [1.807, 2.05) is 18.3 Å². The third-order valence-corrected chi connectivity index (χ3v) is 3.82. The van der Waals surface area contributed by atoms with Gasteiger partial charge in [0.25, 0.3) is 0 Å². The van der Waals surface area contributed by atoms with Gasteiger partial charge in [0.1, 0.15) is 5.82 Å². The number of nitrogens with one attached hydrogen (secondary N) is 1. The van der Waals surface area contributed by atoms with Crippen LogP contribution >= 0.6 is 0 Å². The first-order valence-electron chi connectivity index (χ1n) is 7.47. The molecule has 1 aliphatic rings. The fourth-order valence-corrected chi connectivity index (χ4v) is 2.73. The van der Waals surface area contributed by atoms with E-state index in [9.17, 15) is 4.79 Å². The predicted octanol–water partition coefficient (Wildman–Crippen LogP) is 2.14. The fourth-order valence-electron chi connectivity index (χ4n) is 2.73. The first kappa shape index (κ1) is 14.8. The highest BCUT2D eigenvalue weighted by Crippen LogP contribution is 2.26. The van der Waals surface area contributed by atoms with Gasteiger partial charge in [-0.2, -0.15) is 0 Å². The molecule has 0 aromatic carbocycles. The van der Waals surface area contributed by atoms with Crippen LogP contribution in [0.25, 0.3) is 0 Å². The first-order valence-corrected chi connectivity index (χ1v) is 7.47. The molecule has 1 aromatic rings. The quantitative estimate of drug-likeness (QED) is 0.864. The predicted molar refractivity (Wildman–Crippen MR) is 81.8 cm³/mol. The molecule has 20 heavy (non-hydrogen) atoms. The number of rotatable bonds is 5. The van der Waals surface area contributed by atoms with Gasteiger partial charge < -0.3 is 16.0 Å². The summed E-state index contributed by atoms with van der Waals surface area (Å²) < 4.78 is 0. The SMILES string of the molecule is CCC1CCCCN1c1ccc(NC(=O)CCN)nc1. The lowest BCUT2D eigenvalue weighted by Gasteiger charge is -2.37. The smallest absolute Gasteiger partial charge is 0.226 e. The molecular weight excluding hydrogens is 252 g/mol. The average Bonchev–Trinajstić information content (AvgIpc) is 2.48. The van der Waals surface area contributed by atoms with Gasteiger partial charge in [0.05, 0.1) is 11.9 Å². The maximum atomic E-state index is 11.5. The van der Waals surface area contributed by atoms with E-state index in [-0.39, 0.29) is 5.91 Å². The molecule has 0 radical (unpaired) electrons. The second-order valence-corrected chi connectivity index (χ2v) is 5.24. The first-order chi connectivity index (χ1) is 9.74. The Hall–Kier alpha value is -1.62. The largest absolute Gasteiger partial charge is 0.367 e. The van der Waals surface area contributed by atoms with Crippen LogP contribution in [0.15, 0.2) is 18.3 Å². The Kier molecular flexibility index (Phi) is 5.35. The molecule has 0 saturated carbocycles. The van der Waals surface area contributed by atoms with E-state index in [0.717, 1.165) is 18.7 Å². The Balaban J connectivity index is 2.01. The van der Waals surface area contributed by atoms with Crippen molar-refractivity contribution in [1.29, 1.82) is 0 Å². The minimum atomic E-state index is -0.0860. The number of pyridine rings is 1. The number of aromatic nitrogens is 1. The van der Waals surface area contributed by atoms with Crippen molar-refractivity contribution in [3.05, 3.63) is 18.3 Å². The second kappa shape index (κ2) is 7.24. The number of nitrogens with zero attached hydrogens (tertiary/aromatic N) is 2. The Bertz CT molecular complexity index is 432. The fraction of sp³-hybridized carbons (Fsp3) is 0.600. The number of carbonyl (C=O) groups excluding carboxylic acids is 1. The maximum absolute atomic E-state index is 11.5. The van der Waals surface area contributed by atoms with Crippen LogP contribution < -0.4 is 16.0 Å². The molecule has 1 amide bonds. The zero-order valence-corrected chi connectivity index (χ0v) is 12.1. The van der Waals surface area contributed by atoms with E-state index >= 15 is 0 Å². The molecule has 3 N–H and O–H groups in total. The molecule has 5 heteroatoms. The van der Waals surface area contributed by atoms with Crippen LogP contribution in [0.4, 0.5) is 11.5 Å². The minimum absolute atomic E-state index is 0.0860. The van der Waals surface area contributed by atoms with Crippen LogP contribution in [0, 0.1) is 0 Å². The van der Waals surface area contributed by atoms with E-state index in [1.54, 1.807) is 0 Å². The summed E-state index contributed by atoms with van der Waals surface area (Å²) in [6, 6.07) is 4.52.